The van der Waals surface area contributed by atoms with Crippen LogP contribution in [0.4, 0.5) is 0 Å². The first-order valence-corrected chi connectivity index (χ1v) is 7.68. The van der Waals surface area contributed by atoms with Gasteiger partial charge in [0.25, 0.3) is 5.89 Å². The van der Waals surface area contributed by atoms with Gasteiger partial charge >= 0.3 is 0 Å². The molecular formula is C15H14N4OS. The second-order valence-electron chi connectivity index (χ2n) is 5.38. The molecule has 1 aliphatic rings. The van der Waals surface area contributed by atoms with Gasteiger partial charge in [-0.15, -0.1) is 0 Å². The molecule has 0 amide bonds. The molecule has 106 valence electrons. The maximum atomic E-state index is 6.21. The Bertz CT molecular complexity index is 761. The number of hydrogen-bond donors (Lipinski definition) is 1. The van der Waals surface area contributed by atoms with Gasteiger partial charge in [-0.1, -0.05) is 35.5 Å². The largest absolute Gasteiger partial charge is 0.333 e. The highest BCUT2D eigenvalue weighted by molar-refractivity contribution is 7.09. The van der Waals surface area contributed by atoms with Crippen molar-refractivity contribution in [3.63, 3.8) is 0 Å². The van der Waals surface area contributed by atoms with Crippen LogP contribution < -0.4 is 5.73 Å². The number of nitrogens with two attached hydrogens (primary N) is 1. The third-order valence-electron chi connectivity index (χ3n) is 3.91. The predicted molar refractivity (Wildman–Crippen MR) is 80.6 cm³/mol. The first kappa shape index (κ1) is 12.7. The number of nitrogens with zero attached hydrogens (tertiary/aromatic N) is 3. The van der Waals surface area contributed by atoms with Gasteiger partial charge in [-0.05, 0) is 36.9 Å². The fraction of sp³-hybridized carbons (Fsp3) is 0.267. The molecule has 1 fully saturated rings. The summed E-state index contributed by atoms with van der Waals surface area (Å²) in [7, 11) is 0. The quantitative estimate of drug-likeness (QED) is 0.803. The fourth-order valence-electron chi connectivity index (χ4n) is 2.43. The van der Waals surface area contributed by atoms with Crippen LogP contribution in [-0.2, 0) is 5.54 Å². The van der Waals surface area contributed by atoms with Crippen LogP contribution in [0.1, 0.15) is 25.1 Å². The van der Waals surface area contributed by atoms with Crippen molar-refractivity contribution < 1.29 is 4.52 Å². The van der Waals surface area contributed by atoms with Gasteiger partial charge in [-0.2, -0.15) is 9.36 Å². The average Bonchev–Trinajstić information content (AvgIpc) is 3.14. The molecule has 2 aromatic heterocycles. The van der Waals surface area contributed by atoms with E-state index in [-0.39, 0.29) is 0 Å². The molecule has 3 aromatic rings. The van der Waals surface area contributed by atoms with Crippen molar-refractivity contribution >= 4 is 11.5 Å². The van der Waals surface area contributed by atoms with Crippen LogP contribution in [-0.4, -0.2) is 14.5 Å². The maximum Gasteiger partial charge on any atom is 0.269 e. The van der Waals surface area contributed by atoms with Gasteiger partial charge < -0.3 is 10.3 Å². The van der Waals surface area contributed by atoms with E-state index in [1.54, 1.807) is 0 Å². The molecule has 0 spiro atoms. The zero-order valence-corrected chi connectivity index (χ0v) is 12.1. The molecule has 4 rings (SSSR count). The van der Waals surface area contributed by atoms with Gasteiger partial charge in [-0.3, -0.25) is 0 Å². The van der Waals surface area contributed by atoms with Crippen LogP contribution in [0.3, 0.4) is 0 Å². The Balaban J connectivity index is 1.64. The Kier molecular flexibility index (Phi) is 2.87. The number of aromatic nitrogens is 3. The third-order valence-corrected chi connectivity index (χ3v) is 4.68. The molecule has 21 heavy (non-hydrogen) atoms. The lowest BCUT2D eigenvalue weighted by atomic mass is 9.77. The van der Waals surface area contributed by atoms with E-state index >= 15 is 0 Å². The second kappa shape index (κ2) is 4.75. The van der Waals surface area contributed by atoms with E-state index in [0.29, 0.717) is 11.7 Å². The third kappa shape index (κ3) is 2.16. The summed E-state index contributed by atoms with van der Waals surface area (Å²) in [4.78, 5) is 5.32. The lowest BCUT2D eigenvalue weighted by Gasteiger charge is -2.34. The van der Waals surface area contributed by atoms with Crippen LogP contribution in [0.25, 0.3) is 22.0 Å². The molecule has 2 heterocycles. The van der Waals surface area contributed by atoms with Crippen LogP contribution in [0.15, 0.2) is 40.9 Å². The summed E-state index contributed by atoms with van der Waals surface area (Å²) in [5, 5.41) is 4.04. The molecule has 5 nitrogen and oxygen atoms in total. The number of benzene rings is 1. The van der Waals surface area contributed by atoms with Gasteiger partial charge in [0.2, 0.25) is 0 Å². The van der Waals surface area contributed by atoms with E-state index in [1.165, 1.54) is 11.5 Å². The summed E-state index contributed by atoms with van der Waals surface area (Å²) in [6.45, 7) is 0. The van der Waals surface area contributed by atoms with E-state index in [4.69, 9.17) is 10.3 Å². The molecule has 0 atom stereocenters. The smallest absolute Gasteiger partial charge is 0.269 e. The van der Waals surface area contributed by atoms with Gasteiger partial charge in [0, 0.05) is 5.56 Å². The minimum Gasteiger partial charge on any atom is -0.333 e. The molecule has 0 unspecified atom stereocenters. The first-order chi connectivity index (χ1) is 10.2. The summed E-state index contributed by atoms with van der Waals surface area (Å²) < 4.78 is 9.80. The van der Waals surface area contributed by atoms with Crippen LogP contribution in [0.2, 0.25) is 0 Å². The summed E-state index contributed by atoms with van der Waals surface area (Å²) >= 11 is 1.36. The van der Waals surface area contributed by atoms with E-state index in [1.807, 2.05) is 36.4 Å². The molecular weight excluding hydrogens is 284 g/mol. The van der Waals surface area contributed by atoms with Crippen molar-refractivity contribution in [3.05, 3.63) is 42.2 Å². The standard InChI is InChI=1S/C15H14N4OS/c16-15(7-4-8-15)14-17-13(20-18-14)12-9-11(19-21-12)10-5-2-1-3-6-10/h1-3,5-6,9H,4,7-8,16H2. The highest BCUT2D eigenvalue weighted by atomic mass is 32.1. The zero-order chi connectivity index (χ0) is 14.3. The van der Waals surface area contributed by atoms with Crippen molar-refractivity contribution in [1.82, 2.24) is 14.5 Å². The normalized spacial score (nSPS) is 16.6. The molecule has 1 saturated carbocycles. The molecule has 1 aliphatic carbocycles. The van der Waals surface area contributed by atoms with Crippen LogP contribution >= 0.6 is 11.5 Å². The number of rotatable bonds is 3. The molecule has 0 radical (unpaired) electrons. The Morgan fingerprint density at radius 2 is 2.00 bits per heavy atom. The van der Waals surface area contributed by atoms with Crippen molar-refractivity contribution in [3.8, 4) is 22.0 Å². The highest BCUT2D eigenvalue weighted by Gasteiger charge is 2.39. The SMILES string of the molecule is NC1(c2noc(-c3cc(-c4ccccc4)ns3)n2)CCC1. The maximum absolute atomic E-state index is 6.21. The molecule has 0 aliphatic heterocycles. The van der Waals surface area contributed by atoms with E-state index < -0.39 is 5.54 Å². The monoisotopic (exact) mass is 298 g/mol. The lowest BCUT2D eigenvalue weighted by molar-refractivity contribution is 0.229. The Labute approximate surface area is 126 Å². The van der Waals surface area contributed by atoms with Gasteiger partial charge in [-0.25, -0.2) is 0 Å². The lowest BCUT2D eigenvalue weighted by Crippen LogP contribution is -2.44. The van der Waals surface area contributed by atoms with E-state index in [2.05, 4.69) is 14.5 Å². The topological polar surface area (TPSA) is 77.8 Å². The Morgan fingerprint density at radius 1 is 1.19 bits per heavy atom. The van der Waals surface area contributed by atoms with Crippen molar-refractivity contribution in [2.75, 3.05) is 0 Å². The summed E-state index contributed by atoms with van der Waals surface area (Å²) in [5.74, 6) is 1.11. The van der Waals surface area contributed by atoms with Crippen molar-refractivity contribution in [2.24, 2.45) is 5.73 Å². The zero-order valence-electron chi connectivity index (χ0n) is 11.3. The Hall–Kier alpha value is -2.05. The molecule has 0 bridgehead atoms. The molecule has 6 heteroatoms. The average molecular weight is 298 g/mol. The van der Waals surface area contributed by atoms with Crippen molar-refractivity contribution in [1.29, 1.82) is 0 Å². The summed E-state index contributed by atoms with van der Waals surface area (Å²) in [5.41, 5.74) is 7.82. The summed E-state index contributed by atoms with van der Waals surface area (Å²) in [6.07, 6.45) is 2.97. The minimum absolute atomic E-state index is 0.394. The van der Waals surface area contributed by atoms with E-state index in [9.17, 15) is 0 Å². The van der Waals surface area contributed by atoms with Gasteiger partial charge in [0.05, 0.1) is 11.2 Å². The van der Waals surface area contributed by atoms with E-state index in [0.717, 1.165) is 35.4 Å². The second-order valence-corrected chi connectivity index (χ2v) is 6.18. The van der Waals surface area contributed by atoms with Crippen LogP contribution in [0, 0.1) is 0 Å². The minimum atomic E-state index is -0.394. The summed E-state index contributed by atoms with van der Waals surface area (Å²) in [6, 6.07) is 12.0. The fourth-order valence-corrected chi connectivity index (χ4v) is 3.11. The molecule has 0 saturated heterocycles. The van der Waals surface area contributed by atoms with Crippen LogP contribution in [0.5, 0.6) is 0 Å². The first-order valence-electron chi connectivity index (χ1n) is 6.90. The predicted octanol–water partition coefficient (Wildman–Crippen LogP) is 3.20. The molecule has 2 N–H and O–H groups in total. The van der Waals surface area contributed by atoms with Crippen molar-refractivity contribution in [2.45, 2.75) is 24.8 Å². The Morgan fingerprint density at radius 3 is 2.71 bits per heavy atom. The van der Waals surface area contributed by atoms with Gasteiger partial charge in [0.15, 0.2) is 5.82 Å². The highest BCUT2D eigenvalue weighted by Crippen LogP contribution is 2.38. The number of hydrogen-bond acceptors (Lipinski definition) is 6. The van der Waals surface area contributed by atoms with Gasteiger partial charge in [0.1, 0.15) is 4.88 Å². The molecule has 1 aromatic carbocycles.